The Morgan fingerprint density at radius 3 is 2.67 bits per heavy atom. The number of fused-ring (bicyclic) bond motifs is 1. The highest BCUT2D eigenvalue weighted by Crippen LogP contribution is 2.46. The maximum atomic E-state index is 15.0. The molecule has 0 unspecified atom stereocenters. The average Bonchev–Trinajstić information content (AvgIpc) is 3.90. The number of piperazine rings is 1. The van der Waals surface area contributed by atoms with Gasteiger partial charge in [-0.05, 0) is 84.5 Å². The monoisotopic (exact) mass is 548 g/mol. The first kappa shape index (κ1) is 27.1. The van der Waals surface area contributed by atoms with Gasteiger partial charge in [0.15, 0.2) is 0 Å². The van der Waals surface area contributed by atoms with Crippen LogP contribution in [0.2, 0.25) is 0 Å². The van der Waals surface area contributed by atoms with Gasteiger partial charge in [0.25, 0.3) is 11.5 Å². The number of aliphatic hydroxyl groups excluding tert-OH is 2. The highest BCUT2D eigenvalue weighted by Gasteiger charge is 2.42. The standard InChI is InChI=1S/C31H37FN4O4/c1-19-26(11-21(12-28(19)32)29(39)34-23-3-4-23)20-2-5-25-27(10-20)22(13-35-9-8-33-24(15-35)16-37)14-36(30(25)40)17-31(18-38)6-7-31/h2,5,10-12,14,23-24,33,37-38H,3-4,6-9,13,15-18H2,1H3,(H,34,39)/t24-/m0/s1. The van der Waals surface area contributed by atoms with Crippen molar-refractivity contribution in [3.63, 3.8) is 0 Å². The van der Waals surface area contributed by atoms with E-state index in [-0.39, 0.29) is 47.7 Å². The molecular formula is C31H37FN4O4. The van der Waals surface area contributed by atoms with E-state index in [4.69, 9.17) is 0 Å². The van der Waals surface area contributed by atoms with Crippen LogP contribution in [-0.2, 0) is 13.1 Å². The molecule has 40 heavy (non-hydrogen) atoms. The summed E-state index contributed by atoms with van der Waals surface area (Å²) in [6, 6.07) is 8.74. The summed E-state index contributed by atoms with van der Waals surface area (Å²) in [5, 5.41) is 27.2. The van der Waals surface area contributed by atoms with Crippen LogP contribution in [0.3, 0.4) is 0 Å². The lowest BCUT2D eigenvalue weighted by Crippen LogP contribution is -2.51. The van der Waals surface area contributed by atoms with Gasteiger partial charge >= 0.3 is 0 Å². The number of hydrogen-bond acceptors (Lipinski definition) is 6. The minimum Gasteiger partial charge on any atom is -0.396 e. The first-order valence-corrected chi connectivity index (χ1v) is 14.2. The predicted molar refractivity (Wildman–Crippen MR) is 152 cm³/mol. The topological polar surface area (TPSA) is 107 Å². The second-order valence-electron chi connectivity index (χ2n) is 12.0. The second kappa shape index (κ2) is 10.7. The van der Waals surface area contributed by atoms with Crippen molar-refractivity contribution in [2.75, 3.05) is 32.8 Å². The molecule has 2 saturated carbocycles. The molecule has 0 bridgehead atoms. The largest absolute Gasteiger partial charge is 0.396 e. The fraction of sp³-hybridized carbons (Fsp3) is 0.484. The maximum absolute atomic E-state index is 15.0. The van der Waals surface area contributed by atoms with Crippen LogP contribution in [0.1, 0.15) is 47.2 Å². The van der Waals surface area contributed by atoms with Crippen LogP contribution in [-0.4, -0.2) is 70.5 Å². The lowest BCUT2D eigenvalue weighted by atomic mass is 9.94. The van der Waals surface area contributed by atoms with Crippen LogP contribution in [0, 0.1) is 18.2 Å². The van der Waals surface area contributed by atoms with E-state index in [1.54, 1.807) is 23.6 Å². The van der Waals surface area contributed by atoms with Crippen LogP contribution >= 0.6 is 0 Å². The van der Waals surface area contributed by atoms with Crippen molar-refractivity contribution < 1.29 is 19.4 Å². The summed E-state index contributed by atoms with van der Waals surface area (Å²) in [6.45, 7) is 5.11. The average molecular weight is 549 g/mol. The van der Waals surface area contributed by atoms with Gasteiger partial charge in [-0.1, -0.05) is 6.07 Å². The Morgan fingerprint density at radius 1 is 1.18 bits per heavy atom. The first-order valence-electron chi connectivity index (χ1n) is 14.2. The van der Waals surface area contributed by atoms with Crippen LogP contribution in [0.25, 0.3) is 21.9 Å². The van der Waals surface area contributed by atoms with Gasteiger partial charge in [-0.3, -0.25) is 14.5 Å². The number of carbonyl (C=O) groups excluding carboxylic acids is 1. The molecule has 3 aliphatic rings. The molecule has 0 spiro atoms. The van der Waals surface area contributed by atoms with Gasteiger partial charge in [0, 0.05) is 67.4 Å². The van der Waals surface area contributed by atoms with E-state index in [1.165, 1.54) is 6.07 Å². The molecule has 1 amide bonds. The Hall–Kier alpha value is -3.11. The van der Waals surface area contributed by atoms with Gasteiger partial charge in [-0.15, -0.1) is 0 Å². The number of carbonyl (C=O) groups is 1. The Labute approximate surface area is 232 Å². The molecule has 3 aromatic rings. The van der Waals surface area contributed by atoms with E-state index in [0.717, 1.165) is 55.3 Å². The molecule has 9 heteroatoms. The lowest BCUT2D eigenvalue weighted by molar-refractivity contribution is 0.0950. The van der Waals surface area contributed by atoms with Crippen LogP contribution in [0.15, 0.2) is 41.3 Å². The van der Waals surface area contributed by atoms with Crippen molar-refractivity contribution in [3.05, 3.63) is 69.4 Å². The van der Waals surface area contributed by atoms with Crippen molar-refractivity contribution in [1.82, 2.24) is 20.1 Å². The number of benzene rings is 2. The fourth-order valence-electron chi connectivity index (χ4n) is 5.79. The molecule has 4 N–H and O–H groups in total. The van der Waals surface area contributed by atoms with E-state index in [1.807, 2.05) is 18.3 Å². The van der Waals surface area contributed by atoms with Crippen molar-refractivity contribution in [1.29, 1.82) is 0 Å². The fourth-order valence-corrected chi connectivity index (χ4v) is 5.79. The summed E-state index contributed by atoms with van der Waals surface area (Å²) in [7, 11) is 0. The van der Waals surface area contributed by atoms with Gasteiger partial charge in [-0.2, -0.15) is 0 Å². The highest BCUT2D eigenvalue weighted by atomic mass is 19.1. The number of aliphatic hydroxyl groups is 2. The Kier molecular flexibility index (Phi) is 7.25. The minimum absolute atomic E-state index is 0.0132. The van der Waals surface area contributed by atoms with Crippen LogP contribution < -0.4 is 16.2 Å². The number of nitrogens with one attached hydrogen (secondary N) is 2. The Balaban J connectivity index is 1.43. The SMILES string of the molecule is Cc1c(F)cc(C(=O)NC2CC2)cc1-c1ccc2c(=O)n(CC3(CO)CC3)cc(CN3CCN[C@H](CO)C3)c2c1. The highest BCUT2D eigenvalue weighted by molar-refractivity contribution is 5.97. The predicted octanol–water partition coefficient (Wildman–Crippen LogP) is 2.55. The van der Waals surface area contributed by atoms with Crippen LogP contribution in [0.5, 0.6) is 0 Å². The quantitative estimate of drug-likeness (QED) is 0.328. The smallest absolute Gasteiger partial charge is 0.258 e. The van der Waals surface area contributed by atoms with Gasteiger partial charge in [0.05, 0.1) is 13.2 Å². The maximum Gasteiger partial charge on any atom is 0.258 e. The molecule has 2 aliphatic carbocycles. The summed E-state index contributed by atoms with van der Waals surface area (Å²) in [5.41, 5.74) is 2.72. The van der Waals surface area contributed by atoms with E-state index < -0.39 is 5.82 Å². The number of pyridine rings is 1. The summed E-state index contributed by atoms with van der Waals surface area (Å²) in [6.07, 6.45) is 5.60. The van der Waals surface area contributed by atoms with Gasteiger partial charge in [0.2, 0.25) is 0 Å². The van der Waals surface area contributed by atoms with Crippen LogP contribution in [0.4, 0.5) is 4.39 Å². The summed E-state index contributed by atoms with van der Waals surface area (Å²) >= 11 is 0. The number of halogens is 1. The molecule has 1 aromatic heterocycles. The third kappa shape index (κ3) is 5.43. The van der Waals surface area contributed by atoms with Gasteiger partial charge in [0.1, 0.15) is 5.82 Å². The molecule has 6 rings (SSSR count). The second-order valence-corrected chi connectivity index (χ2v) is 12.0. The first-order chi connectivity index (χ1) is 19.3. The lowest BCUT2D eigenvalue weighted by Gasteiger charge is -2.33. The van der Waals surface area contributed by atoms with Crippen molar-refractivity contribution in [2.45, 2.75) is 57.8 Å². The molecule has 2 aromatic carbocycles. The normalized spacial score (nSPS) is 20.6. The molecule has 3 fully saturated rings. The number of aromatic nitrogens is 1. The number of nitrogens with zero attached hydrogens (tertiary/aromatic N) is 2. The summed E-state index contributed by atoms with van der Waals surface area (Å²) < 4.78 is 16.8. The molecular weight excluding hydrogens is 511 g/mol. The molecule has 1 saturated heterocycles. The van der Waals surface area contributed by atoms with Gasteiger partial charge in [-0.25, -0.2) is 4.39 Å². The summed E-state index contributed by atoms with van der Waals surface area (Å²) in [4.78, 5) is 28.6. The van der Waals surface area contributed by atoms with E-state index in [9.17, 15) is 19.8 Å². The van der Waals surface area contributed by atoms with Crippen molar-refractivity contribution >= 4 is 16.7 Å². The molecule has 212 valence electrons. The molecule has 1 atom stereocenters. The van der Waals surface area contributed by atoms with Gasteiger partial charge < -0.3 is 25.4 Å². The van der Waals surface area contributed by atoms with Crippen molar-refractivity contribution in [2.24, 2.45) is 5.41 Å². The molecule has 8 nitrogen and oxygen atoms in total. The zero-order chi connectivity index (χ0) is 28.0. The zero-order valence-electron chi connectivity index (χ0n) is 22.9. The van der Waals surface area contributed by atoms with E-state index in [2.05, 4.69) is 15.5 Å². The zero-order valence-corrected chi connectivity index (χ0v) is 22.9. The minimum atomic E-state index is -0.441. The van der Waals surface area contributed by atoms with E-state index in [0.29, 0.717) is 36.1 Å². The Bertz CT molecular complexity index is 1510. The number of rotatable bonds is 9. The summed E-state index contributed by atoms with van der Waals surface area (Å²) in [5.74, 6) is -0.717. The third-order valence-corrected chi connectivity index (χ3v) is 8.75. The molecule has 2 heterocycles. The Morgan fingerprint density at radius 2 is 1.98 bits per heavy atom. The van der Waals surface area contributed by atoms with E-state index >= 15 is 4.39 Å². The molecule has 1 aliphatic heterocycles. The third-order valence-electron chi connectivity index (χ3n) is 8.75. The molecule has 0 radical (unpaired) electrons. The van der Waals surface area contributed by atoms with Crippen molar-refractivity contribution in [3.8, 4) is 11.1 Å². The number of amides is 1. The number of hydrogen-bond donors (Lipinski definition) is 4.